The van der Waals surface area contributed by atoms with Gasteiger partial charge in [-0.2, -0.15) is 4.31 Å². The number of benzene rings is 1. The molecule has 2 aromatic rings. The van der Waals surface area contributed by atoms with Crippen LogP contribution in [0.1, 0.15) is 0 Å². The zero-order chi connectivity index (χ0) is 18.7. The van der Waals surface area contributed by atoms with Crippen LogP contribution in [0.4, 0.5) is 4.39 Å². The van der Waals surface area contributed by atoms with Crippen molar-refractivity contribution in [3.05, 3.63) is 46.6 Å². The van der Waals surface area contributed by atoms with Crippen molar-refractivity contribution in [2.75, 3.05) is 31.9 Å². The molecule has 0 atom stereocenters. The van der Waals surface area contributed by atoms with E-state index >= 15 is 0 Å². The maximum Gasteiger partial charge on any atom is 0.252 e. The second kappa shape index (κ2) is 8.26. The van der Waals surface area contributed by atoms with E-state index in [-0.39, 0.29) is 29.8 Å². The lowest BCUT2D eigenvalue weighted by molar-refractivity contribution is -0.129. The summed E-state index contributed by atoms with van der Waals surface area (Å²) in [6.07, 6.45) is 0. The molecule has 1 fully saturated rings. The SMILES string of the molecule is O=C(CSc1ccc(F)c(Cl)c1)N1CCN(S(=O)(=O)c2cccs2)CC1. The summed E-state index contributed by atoms with van der Waals surface area (Å²) in [5, 5.41) is 1.75. The number of nitrogens with zero attached hydrogens (tertiary/aromatic N) is 2. The third-order valence-electron chi connectivity index (χ3n) is 3.93. The van der Waals surface area contributed by atoms with Crippen LogP contribution in [-0.4, -0.2) is 55.5 Å². The number of carbonyl (C=O) groups is 1. The molecular formula is C16H16ClFN2O3S3. The lowest BCUT2D eigenvalue weighted by Crippen LogP contribution is -2.50. The van der Waals surface area contributed by atoms with E-state index < -0.39 is 15.8 Å². The number of thioether (sulfide) groups is 1. The molecule has 1 aliphatic heterocycles. The van der Waals surface area contributed by atoms with Crippen molar-refractivity contribution in [1.82, 2.24) is 9.21 Å². The number of sulfonamides is 1. The molecule has 1 amide bonds. The van der Waals surface area contributed by atoms with Crippen molar-refractivity contribution in [2.45, 2.75) is 9.10 Å². The molecule has 1 aromatic carbocycles. The summed E-state index contributed by atoms with van der Waals surface area (Å²) in [6, 6.07) is 7.62. The van der Waals surface area contributed by atoms with Crippen LogP contribution >= 0.6 is 34.7 Å². The normalized spacial score (nSPS) is 16.0. The van der Waals surface area contributed by atoms with Gasteiger partial charge in [-0.05, 0) is 29.6 Å². The fourth-order valence-corrected chi connectivity index (χ4v) is 6.17. The van der Waals surface area contributed by atoms with E-state index in [0.717, 1.165) is 0 Å². The highest BCUT2D eigenvalue weighted by Gasteiger charge is 2.30. The van der Waals surface area contributed by atoms with Gasteiger partial charge in [0, 0.05) is 31.1 Å². The minimum atomic E-state index is -3.47. The quantitative estimate of drug-likeness (QED) is 0.678. The summed E-state index contributed by atoms with van der Waals surface area (Å²) in [5.74, 6) is -0.381. The molecule has 0 saturated carbocycles. The maximum atomic E-state index is 13.2. The lowest BCUT2D eigenvalue weighted by atomic mass is 10.3. The van der Waals surface area contributed by atoms with Gasteiger partial charge in [-0.15, -0.1) is 23.1 Å². The molecule has 5 nitrogen and oxygen atoms in total. The highest BCUT2D eigenvalue weighted by atomic mass is 35.5. The first-order valence-corrected chi connectivity index (χ1v) is 11.5. The molecule has 0 spiro atoms. The average molecular weight is 435 g/mol. The molecular weight excluding hydrogens is 419 g/mol. The molecule has 26 heavy (non-hydrogen) atoms. The fourth-order valence-electron chi connectivity index (χ4n) is 2.52. The van der Waals surface area contributed by atoms with Crippen LogP contribution in [0.15, 0.2) is 44.8 Å². The summed E-state index contributed by atoms with van der Waals surface area (Å²) >= 11 is 8.20. The summed E-state index contributed by atoms with van der Waals surface area (Å²) < 4.78 is 39.8. The van der Waals surface area contributed by atoms with E-state index in [1.54, 1.807) is 28.5 Å². The molecule has 140 valence electrons. The number of halogens is 2. The molecule has 1 aliphatic rings. The van der Waals surface area contributed by atoms with Crippen LogP contribution in [0, 0.1) is 5.82 Å². The van der Waals surface area contributed by atoms with Crippen LogP contribution < -0.4 is 0 Å². The Hall–Kier alpha value is -1.13. The van der Waals surface area contributed by atoms with Gasteiger partial charge in [-0.3, -0.25) is 4.79 Å². The summed E-state index contributed by atoms with van der Waals surface area (Å²) in [6.45, 7) is 1.26. The number of hydrogen-bond acceptors (Lipinski definition) is 5. The van der Waals surface area contributed by atoms with Crippen molar-refractivity contribution < 1.29 is 17.6 Å². The van der Waals surface area contributed by atoms with Gasteiger partial charge in [0.25, 0.3) is 10.0 Å². The Morgan fingerprint density at radius 2 is 1.96 bits per heavy atom. The number of thiophene rings is 1. The van der Waals surface area contributed by atoms with E-state index in [1.807, 2.05) is 0 Å². The second-order valence-electron chi connectivity index (χ2n) is 5.58. The second-order valence-corrected chi connectivity index (χ2v) is 10.1. The molecule has 0 radical (unpaired) electrons. The Morgan fingerprint density at radius 3 is 2.58 bits per heavy atom. The van der Waals surface area contributed by atoms with Gasteiger partial charge in [-0.1, -0.05) is 17.7 Å². The number of piperazine rings is 1. The predicted molar refractivity (Wildman–Crippen MR) is 102 cm³/mol. The largest absolute Gasteiger partial charge is 0.339 e. The minimum Gasteiger partial charge on any atom is -0.339 e. The lowest BCUT2D eigenvalue weighted by Gasteiger charge is -2.33. The average Bonchev–Trinajstić information content (AvgIpc) is 3.18. The van der Waals surface area contributed by atoms with Crippen molar-refractivity contribution in [2.24, 2.45) is 0 Å². The summed E-state index contributed by atoms with van der Waals surface area (Å²) in [4.78, 5) is 14.7. The highest BCUT2D eigenvalue weighted by Crippen LogP contribution is 2.25. The Bertz CT molecular complexity index is 882. The van der Waals surface area contributed by atoms with E-state index in [2.05, 4.69) is 0 Å². The smallest absolute Gasteiger partial charge is 0.252 e. The molecule has 0 aliphatic carbocycles. The van der Waals surface area contributed by atoms with Crippen molar-refractivity contribution in [3.8, 4) is 0 Å². The Morgan fingerprint density at radius 1 is 1.23 bits per heavy atom. The van der Waals surface area contributed by atoms with Gasteiger partial charge in [0.15, 0.2) is 0 Å². The van der Waals surface area contributed by atoms with Gasteiger partial charge in [0.2, 0.25) is 5.91 Å². The highest BCUT2D eigenvalue weighted by molar-refractivity contribution is 8.00. The third-order valence-corrected chi connectivity index (χ3v) is 8.47. The Balaban J connectivity index is 1.53. The van der Waals surface area contributed by atoms with E-state index in [1.165, 1.54) is 39.5 Å². The van der Waals surface area contributed by atoms with Crippen LogP contribution in [0.25, 0.3) is 0 Å². The predicted octanol–water partition coefficient (Wildman–Crippen LogP) is 3.17. The topological polar surface area (TPSA) is 57.7 Å². The molecule has 1 aromatic heterocycles. The Labute approximate surface area is 164 Å². The number of amides is 1. The molecule has 2 heterocycles. The van der Waals surface area contributed by atoms with E-state index in [4.69, 9.17) is 11.6 Å². The monoisotopic (exact) mass is 434 g/mol. The van der Waals surface area contributed by atoms with Gasteiger partial charge >= 0.3 is 0 Å². The fraction of sp³-hybridized carbons (Fsp3) is 0.312. The van der Waals surface area contributed by atoms with Gasteiger partial charge in [0.05, 0.1) is 10.8 Å². The first-order chi connectivity index (χ1) is 12.4. The maximum absolute atomic E-state index is 13.2. The number of hydrogen-bond donors (Lipinski definition) is 0. The van der Waals surface area contributed by atoms with Crippen LogP contribution in [0.2, 0.25) is 5.02 Å². The van der Waals surface area contributed by atoms with Crippen LogP contribution in [0.5, 0.6) is 0 Å². The van der Waals surface area contributed by atoms with Crippen LogP contribution in [0.3, 0.4) is 0 Å². The van der Waals surface area contributed by atoms with Crippen molar-refractivity contribution >= 4 is 50.6 Å². The van der Waals surface area contributed by atoms with Crippen molar-refractivity contribution in [3.63, 3.8) is 0 Å². The zero-order valence-corrected chi connectivity index (χ0v) is 16.8. The van der Waals surface area contributed by atoms with E-state index in [9.17, 15) is 17.6 Å². The molecule has 10 heteroatoms. The first-order valence-electron chi connectivity index (χ1n) is 7.77. The first kappa shape index (κ1) is 19.6. The third kappa shape index (κ3) is 4.40. The zero-order valence-electron chi connectivity index (χ0n) is 13.6. The van der Waals surface area contributed by atoms with Gasteiger partial charge in [0.1, 0.15) is 10.0 Å². The summed E-state index contributed by atoms with van der Waals surface area (Å²) in [5.41, 5.74) is 0. The van der Waals surface area contributed by atoms with Gasteiger partial charge in [-0.25, -0.2) is 12.8 Å². The number of rotatable bonds is 5. The number of carbonyl (C=O) groups excluding carboxylic acids is 1. The minimum absolute atomic E-state index is 0.0230. The standard InChI is InChI=1S/C16H16ClFN2O3S3/c17-13-10-12(3-4-14(13)18)25-11-15(21)19-5-7-20(8-6-19)26(22,23)16-2-1-9-24-16/h1-4,9-10H,5-8,11H2. The molecule has 1 saturated heterocycles. The molecule has 3 rings (SSSR count). The van der Waals surface area contributed by atoms with Crippen LogP contribution in [-0.2, 0) is 14.8 Å². The summed E-state index contributed by atoms with van der Waals surface area (Å²) in [7, 11) is -3.47. The Kier molecular flexibility index (Phi) is 6.24. The molecule has 0 N–H and O–H groups in total. The van der Waals surface area contributed by atoms with E-state index in [0.29, 0.717) is 22.2 Å². The van der Waals surface area contributed by atoms with Crippen molar-refractivity contribution in [1.29, 1.82) is 0 Å². The van der Waals surface area contributed by atoms with Gasteiger partial charge < -0.3 is 4.90 Å². The molecule has 0 unspecified atom stereocenters. The molecule has 0 bridgehead atoms.